The summed E-state index contributed by atoms with van der Waals surface area (Å²) in [5.41, 5.74) is 3.36. The third-order valence-electron chi connectivity index (χ3n) is 3.99. The number of pyridine rings is 1. The van der Waals surface area contributed by atoms with Crippen molar-refractivity contribution >= 4 is 17.3 Å². The van der Waals surface area contributed by atoms with Crippen LogP contribution in [0.5, 0.6) is 0 Å². The number of rotatable bonds is 6. The van der Waals surface area contributed by atoms with Crippen LogP contribution in [0.4, 0.5) is 11.4 Å². The Kier molecular flexibility index (Phi) is 5.09. The second-order valence-corrected chi connectivity index (χ2v) is 5.72. The van der Waals surface area contributed by atoms with Gasteiger partial charge >= 0.3 is 0 Å². The topological polar surface area (TPSA) is 65.1 Å². The first-order chi connectivity index (χ1) is 12.2. The molecule has 0 fully saturated rings. The molecule has 0 aliphatic carbocycles. The summed E-state index contributed by atoms with van der Waals surface area (Å²) in [4.78, 5) is 27.9. The number of carbonyl (C=O) groups is 1. The van der Waals surface area contributed by atoms with Gasteiger partial charge in [-0.15, -0.1) is 0 Å². The molecular formula is C19H21N5O. The molecule has 0 atom stereocenters. The monoisotopic (exact) mass is 335 g/mol. The van der Waals surface area contributed by atoms with Crippen molar-refractivity contribution in [2.45, 2.75) is 13.5 Å². The van der Waals surface area contributed by atoms with Crippen LogP contribution in [-0.4, -0.2) is 34.5 Å². The number of amides is 1. The molecule has 128 valence electrons. The average molecular weight is 335 g/mol. The molecule has 2 heterocycles. The van der Waals surface area contributed by atoms with E-state index in [-0.39, 0.29) is 5.91 Å². The first-order valence-electron chi connectivity index (χ1n) is 8.20. The number of hydrogen-bond donors (Lipinski definition) is 1. The van der Waals surface area contributed by atoms with Crippen LogP contribution < -0.4 is 9.80 Å². The predicted molar refractivity (Wildman–Crippen MR) is 98.7 cm³/mol. The molecule has 0 aliphatic rings. The second kappa shape index (κ2) is 7.61. The van der Waals surface area contributed by atoms with Gasteiger partial charge in [-0.3, -0.25) is 9.78 Å². The number of carbonyl (C=O) groups excluding carboxylic acids is 1. The number of aromatic amines is 1. The van der Waals surface area contributed by atoms with Crippen molar-refractivity contribution in [3.05, 3.63) is 72.6 Å². The Hall–Kier alpha value is -3.15. The maximum absolute atomic E-state index is 12.8. The van der Waals surface area contributed by atoms with E-state index in [1.165, 1.54) is 0 Å². The predicted octanol–water partition coefficient (Wildman–Crippen LogP) is 3.11. The Labute approximate surface area is 147 Å². The van der Waals surface area contributed by atoms with Crippen LogP contribution in [0.1, 0.15) is 23.1 Å². The van der Waals surface area contributed by atoms with Crippen LogP contribution in [-0.2, 0) is 6.54 Å². The van der Waals surface area contributed by atoms with Gasteiger partial charge in [0.1, 0.15) is 5.69 Å². The minimum absolute atomic E-state index is 0.100. The lowest BCUT2D eigenvalue weighted by Crippen LogP contribution is -2.31. The Bertz CT molecular complexity index is 817. The highest BCUT2D eigenvalue weighted by Gasteiger charge is 2.17. The van der Waals surface area contributed by atoms with Crippen molar-refractivity contribution in [1.82, 2.24) is 15.0 Å². The molecule has 0 saturated heterocycles. The summed E-state index contributed by atoms with van der Waals surface area (Å²) in [6.45, 7) is 3.24. The molecule has 1 aromatic carbocycles. The van der Waals surface area contributed by atoms with Crippen molar-refractivity contribution in [2.24, 2.45) is 0 Å². The summed E-state index contributed by atoms with van der Waals surface area (Å²) in [6, 6.07) is 13.3. The molecule has 25 heavy (non-hydrogen) atoms. The number of benzene rings is 1. The maximum Gasteiger partial charge on any atom is 0.276 e. The van der Waals surface area contributed by atoms with Crippen LogP contribution in [0.2, 0.25) is 0 Å². The number of H-pyrrole nitrogens is 1. The van der Waals surface area contributed by atoms with Crippen molar-refractivity contribution in [2.75, 3.05) is 23.4 Å². The zero-order valence-corrected chi connectivity index (χ0v) is 14.4. The molecule has 6 heteroatoms. The minimum Gasteiger partial charge on any atom is -0.369 e. The molecule has 0 spiro atoms. The Morgan fingerprint density at radius 2 is 2.00 bits per heavy atom. The van der Waals surface area contributed by atoms with Gasteiger partial charge in [-0.1, -0.05) is 12.1 Å². The normalized spacial score (nSPS) is 10.5. The van der Waals surface area contributed by atoms with Crippen molar-refractivity contribution in [3.63, 3.8) is 0 Å². The van der Waals surface area contributed by atoms with E-state index in [1.54, 1.807) is 29.6 Å². The van der Waals surface area contributed by atoms with Gasteiger partial charge in [-0.05, 0) is 37.3 Å². The zero-order valence-electron chi connectivity index (χ0n) is 14.4. The van der Waals surface area contributed by atoms with E-state index in [1.807, 2.05) is 50.5 Å². The van der Waals surface area contributed by atoms with Gasteiger partial charge in [0, 0.05) is 37.4 Å². The fourth-order valence-corrected chi connectivity index (χ4v) is 2.69. The van der Waals surface area contributed by atoms with Gasteiger partial charge in [0.05, 0.1) is 18.6 Å². The number of imidazole rings is 1. The van der Waals surface area contributed by atoms with Gasteiger partial charge in [0.15, 0.2) is 0 Å². The fourth-order valence-electron chi connectivity index (χ4n) is 2.69. The summed E-state index contributed by atoms with van der Waals surface area (Å²) < 4.78 is 0. The lowest BCUT2D eigenvalue weighted by molar-refractivity contribution is 0.0983. The Balaban J connectivity index is 1.82. The molecule has 0 unspecified atom stereocenters. The molecule has 1 amide bonds. The Morgan fingerprint density at radius 3 is 2.68 bits per heavy atom. The van der Waals surface area contributed by atoms with Crippen LogP contribution >= 0.6 is 0 Å². The molecule has 3 rings (SSSR count). The van der Waals surface area contributed by atoms with Gasteiger partial charge in [-0.25, -0.2) is 4.98 Å². The summed E-state index contributed by atoms with van der Waals surface area (Å²) in [5, 5.41) is 0. The lowest BCUT2D eigenvalue weighted by atomic mass is 10.2. The van der Waals surface area contributed by atoms with Crippen LogP contribution in [0.15, 0.2) is 61.2 Å². The van der Waals surface area contributed by atoms with Crippen LogP contribution in [0.25, 0.3) is 0 Å². The van der Waals surface area contributed by atoms with E-state index in [9.17, 15) is 4.79 Å². The molecule has 0 bridgehead atoms. The number of nitrogens with zero attached hydrogens (tertiary/aromatic N) is 4. The Morgan fingerprint density at radius 1 is 1.16 bits per heavy atom. The van der Waals surface area contributed by atoms with Crippen molar-refractivity contribution < 1.29 is 4.79 Å². The lowest BCUT2D eigenvalue weighted by Gasteiger charge is -2.24. The highest BCUT2D eigenvalue weighted by Crippen LogP contribution is 2.24. The summed E-state index contributed by atoms with van der Waals surface area (Å²) in [7, 11) is 2.01. The van der Waals surface area contributed by atoms with Crippen molar-refractivity contribution in [1.29, 1.82) is 0 Å². The molecule has 0 radical (unpaired) electrons. The van der Waals surface area contributed by atoms with E-state index in [4.69, 9.17) is 0 Å². The standard InChI is InChI=1S/C19H21N5O/c1-3-24(19(25)18-9-4-5-10-21-18)17-8-6-7-16(11-17)23(2)13-15-12-20-14-22-15/h4-12,14H,3,13H2,1-2H3,(H,20,22). The number of nitrogens with one attached hydrogen (secondary N) is 1. The average Bonchev–Trinajstić information content (AvgIpc) is 3.16. The molecule has 6 nitrogen and oxygen atoms in total. The molecular weight excluding hydrogens is 314 g/mol. The third-order valence-corrected chi connectivity index (χ3v) is 3.99. The molecule has 0 saturated carbocycles. The highest BCUT2D eigenvalue weighted by atomic mass is 16.2. The number of aromatic nitrogens is 3. The second-order valence-electron chi connectivity index (χ2n) is 5.72. The number of anilines is 2. The summed E-state index contributed by atoms with van der Waals surface area (Å²) in [5.74, 6) is -0.100. The SMILES string of the molecule is CCN(C(=O)c1ccccn1)c1cccc(N(C)Cc2cnc[nH]2)c1. The van der Waals surface area contributed by atoms with Crippen LogP contribution in [0, 0.1) is 0 Å². The van der Waals surface area contributed by atoms with E-state index in [0.717, 1.165) is 17.1 Å². The van der Waals surface area contributed by atoms with Gasteiger partial charge < -0.3 is 14.8 Å². The summed E-state index contributed by atoms with van der Waals surface area (Å²) in [6.07, 6.45) is 5.11. The van der Waals surface area contributed by atoms with E-state index >= 15 is 0 Å². The van der Waals surface area contributed by atoms with Crippen molar-refractivity contribution in [3.8, 4) is 0 Å². The van der Waals surface area contributed by atoms with E-state index in [0.29, 0.717) is 18.8 Å². The molecule has 1 N–H and O–H groups in total. The molecule has 3 aromatic rings. The minimum atomic E-state index is -0.100. The van der Waals surface area contributed by atoms with E-state index in [2.05, 4.69) is 19.9 Å². The zero-order chi connectivity index (χ0) is 17.6. The van der Waals surface area contributed by atoms with Gasteiger partial charge in [0.2, 0.25) is 0 Å². The maximum atomic E-state index is 12.8. The smallest absolute Gasteiger partial charge is 0.276 e. The molecule has 0 aliphatic heterocycles. The number of hydrogen-bond acceptors (Lipinski definition) is 4. The van der Waals surface area contributed by atoms with Gasteiger partial charge in [-0.2, -0.15) is 0 Å². The fraction of sp³-hybridized carbons (Fsp3) is 0.211. The largest absolute Gasteiger partial charge is 0.369 e. The highest BCUT2D eigenvalue weighted by molar-refractivity contribution is 6.04. The van der Waals surface area contributed by atoms with E-state index < -0.39 is 0 Å². The quantitative estimate of drug-likeness (QED) is 0.752. The molecule has 2 aromatic heterocycles. The summed E-state index contributed by atoms with van der Waals surface area (Å²) >= 11 is 0. The van der Waals surface area contributed by atoms with Crippen LogP contribution in [0.3, 0.4) is 0 Å². The van der Waals surface area contributed by atoms with Gasteiger partial charge in [0.25, 0.3) is 5.91 Å². The first kappa shape index (κ1) is 16.7. The third kappa shape index (κ3) is 3.85. The first-order valence-corrected chi connectivity index (χ1v) is 8.20.